The van der Waals surface area contributed by atoms with Crippen LogP contribution in [0, 0.1) is 46.3 Å². The van der Waals surface area contributed by atoms with Gasteiger partial charge in [0.25, 0.3) is 0 Å². The van der Waals surface area contributed by atoms with E-state index in [-0.39, 0.29) is 11.5 Å². The molecule has 0 aromatic carbocycles. The number of aliphatic hydroxyl groups excluding tert-OH is 4. The Labute approximate surface area is 248 Å². The van der Waals surface area contributed by atoms with Gasteiger partial charge in [-0.3, -0.25) is 0 Å². The molecule has 0 radical (unpaired) electrons. The maximum atomic E-state index is 10.5. The van der Waals surface area contributed by atoms with Gasteiger partial charge in [-0.15, -0.1) is 0 Å². The third kappa shape index (κ3) is 5.64. The molecular weight excluding hydrogens is 516 g/mol. The fourth-order valence-electron chi connectivity index (χ4n) is 10.6. The van der Waals surface area contributed by atoms with Crippen molar-refractivity contribution >= 4 is 0 Å². The molecule has 234 valence electrons. The summed E-state index contributed by atoms with van der Waals surface area (Å²) in [4.78, 5) is 0. The normalized spacial score (nSPS) is 47.5. The predicted molar refractivity (Wildman–Crippen MR) is 161 cm³/mol. The highest BCUT2D eigenvalue weighted by Gasteiger charge is 2.59. The van der Waals surface area contributed by atoms with Gasteiger partial charge >= 0.3 is 0 Å². The van der Waals surface area contributed by atoms with Crippen molar-refractivity contribution in [3.05, 3.63) is 23.8 Å². The van der Waals surface area contributed by atoms with Crippen molar-refractivity contribution in [1.29, 1.82) is 0 Å². The van der Waals surface area contributed by atoms with E-state index < -0.39 is 37.3 Å². The molecule has 6 nitrogen and oxygen atoms in total. The van der Waals surface area contributed by atoms with E-state index in [9.17, 15) is 20.4 Å². The van der Waals surface area contributed by atoms with Crippen molar-refractivity contribution in [2.24, 2.45) is 46.3 Å². The van der Waals surface area contributed by atoms with Crippen LogP contribution in [0.25, 0.3) is 0 Å². The van der Waals surface area contributed by atoms with Crippen molar-refractivity contribution < 1.29 is 29.9 Å². The fourth-order valence-corrected chi connectivity index (χ4v) is 10.6. The van der Waals surface area contributed by atoms with Crippen LogP contribution in [0.5, 0.6) is 0 Å². The second kappa shape index (κ2) is 12.3. The molecule has 0 spiro atoms. The van der Waals surface area contributed by atoms with Gasteiger partial charge in [0.2, 0.25) is 0 Å². The maximum absolute atomic E-state index is 10.5. The summed E-state index contributed by atoms with van der Waals surface area (Å²) in [5.41, 5.74) is 3.49. The summed E-state index contributed by atoms with van der Waals surface area (Å²) >= 11 is 0. The molecule has 5 aliphatic rings. The Bertz CT molecular complexity index is 962. The smallest absolute Gasteiger partial charge is 0.186 e. The number of hydrogen-bond donors (Lipinski definition) is 4. The topological polar surface area (TPSA) is 99.4 Å². The highest BCUT2D eigenvalue weighted by Crippen LogP contribution is 2.67. The summed E-state index contributed by atoms with van der Waals surface area (Å²) in [6.45, 7) is 16.0. The van der Waals surface area contributed by atoms with Gasteiger partial charge in [-0.2, -0.15) is 0 Å². The standard InChI is InChI=1S/C35H58O6/c1-7-22(20(2)3)9-8-21(4)26-12-13-27-25-11-10-23-18-24(14-16-34(23,5)28(25)15-17-35(26,27)6)40-33-32(39)31(38)30(37)29(19-36)41-33/h10,21-22,24-33,36-39H,2,7-9,11-19H2,1,3-6H3/t21-,22+,24-,25-,26+,27+,28+,29?,30+,31?,32?,33+,34-,35+/m0/s1. The molecule has 5 rings (SSSR count). The molecule has 3 saturated carbocycles. The summed E-state index contributed by atoms with van der Waals surface area (Å²) in [7, 11) is 0. The average Bonchev–Trinajstić information content (AvgIpc) is 3.30. The van der Waals surface area contributed by atoms with Crippen LogP contribution in [0.4, 0.5) is 0 Å². The van der Waals surface area contributed by atoms with E-state index in [2.05, 4.69) is 47.3 Å². The SMILES string of the molecule is C=C(C)[C@H](CC)CC[C@H](C)[C@H]1CC[C@@H]2[C@@H]3CC=C4C[C@@H](O[C@@H]5OC(CO)[C@@H](O)C(O)C5O)CC[C@]4(C)[C@@H]3CC[C@@]21C. The summed E-state index contributed by atoms with van der Waals surface area (Å²) in [5, 5.41) is 40.4. The van der Waals surface area contributed by atoms with Gasteiger partial charge < -0.3 is 29.9 Å². The number of hydrogen-bond acceptors (Lipinski definition) is 6. The van der Waals surface area contributed by atoms with Crippen LogP contribution in [0.15, 0.2) is 23.8 Å². The average molecular weight is 575 g/mol. The molecule has 1 aliphatic heterocycles. The fraction of sp³-hybridized carbons (Fsp3) is 0.886. The Morgan fingerprint density at radius 3 is 2.49 bits per heavy atom. The number of aliphatic hydroxyl groups is 4. The van der Waals surface area contributed by atoms with E-state index >= 15 is 0 Å². The highest BCUT2D eigenvalue weighted by molar-refractivity contribution is 5.25. The molecule has 0 amide bonds. The third-order valence-electron chi connectivity index (χ3n) is 13.2. The molecule has 41 heavy (non-hydrogen) atoms. The van der Waals surface area contributed by atoms with Crippen LogP contribution < -0.4 is 0 Å². The van der Waals surface area contributed by atoms with Gasteiger partial charge in [-0.1, -0.05) is 51.5 Å². The van der Waals surface area contributed by atoms with Gasteiger partial charge in [0.1, 0.15) is 24.4 Å². The van der Waals surface area contributed by atoms with E-state index in [1.165, 1.54) is 56.1 Å². The lowest BCUT2D eigenvalue weighted by atomic mass is 9.47. The van der Waals surface area contributed by atoms with Gasteiger partial charge in [0, 0.05) is 0 Å². The highest BCUT2D eigenvalue weighted by atomic mass is 16.7. The van der Waals surface area contributed by atoms with Gasteiger partial charge in [0.05, 0.1) is 12.7 Å². The Morgan fingerprint density at radius 2 is 1.80 bits per heavy atom. The zero-order valence-electron chi connectivity index (χ0n) is 26.3. The van der Waals surface area contributed by atoms with Crippen LogP contribution in [0.1, 0.15) is 105 Å². The summed E-state index contributed by atoms with van der Waals surface area (Å²) in [5.74, 6) is 4.57. The van der Waals surface area contributed by atoms with Crippen LogP contribution in [-0.2, 0) is 9.47 Å². The summed E-state index contributed by atoms with van der Waals surface area (Å²) < 4.78 is 11.9. The van der Waals surface area contributed by atoms with E-state index in [4.69, 9.17) is 9.47 Å². The van der Waals surface area contributed by atoms with Crippen LogP contribution >= 0.6 is 0 Å². The minimum Gasteiger partial charge on any atom is -0.394 e. The zero-order chi connectivity index (χ0) is 29.7. The van der Waals surface area contributed by atoms with Crippen molar-refractivity contribution in [2.45, 2.75) is 142 Å². The van der Waals surface area contributed by atoms with Crippen molar-refractivity contribution in [2.75, 3.05) is 6.61 Å². The molecule has 14 atom stereocenters. The van der Waals surface area contributed by atoms with Gasteiger partial charge in [-0.05, 0) is 124 Å². The monoisotopic (exact) mass is 574 g/mol. The Hall–Kier alpha value is -0.760. The molecule has 0 aromatic heterocycles. The first-order valence-electron chi connectivity index (χ1n) is 16.7. The van der Waals surface area contributed by atoms with Crippen molar-refractivity contribution in [3.8, 4) is 0 Å². The molecule has 4 N–H and O–H groups in total. The third-order valence-corrected chi connectivity index (χ3v) is 13.2. The summed E-state index contributed by atoms with van der Waals surface area (Å²) in [6, 6.07) is 0. The Morgan fingerprint density at radius 1 is 1.05 bits per heavy atom. The predicted octanol–water partition coefficient (Wildman–Crippen LogP) is 5.77. The number of allylic oxidation sites excluding steroid dienone is 2. The maximum Gasteiger partial charge on any atom is 0.186 e. The molecule has 3 unspecified atom stereocenters. The van der Waals surface area contributed by atoms with E-state index in [1.807, 2.05) is 0 Å². The zero-order valence-corrected chi connectivity index (χ0v) is 26.3. The number of rotatable bonds is 9. The van der Waals surface area contributed by atoms with Crippen LogP contribution in [0.3, 0.4) is 0 Å². The first-order chi connectivity index (χ1) is 19.4. The molecule has 4 aliphatic carbocycles. The molecule has 1 heterocycles. The Balaban J connectivity index is 1.24. The first-order valence-corrected chi connectivity index (χ1v) is 16.7. The first kappa shape index (κ1) is 31.7. The lowest BCUT2D eigenvalue weighted by Gasteiger charge is -2.58. The molecule has 1 saturated heterocycles. The van der Waals surface area contributed by atoms with Crippen LogP contribution in [-0.4, -0.2) is 63.8 Å². The van der Waals surface area contributed by atoms with Crippen molar-refractivity contribution in [3.63, 3.8) is 0 Å². The summed E-state index contributed by atoms with van der Waals surface area (Å²) in [6.07, 6.45) is 9.51. The lowest BCUT2D eigenvalue weighted by molar-refractivity contribution is -0.313. The molecular formula is C35H58O6. The Kier molecular flexibility index (Phi) is 9.51. The van der Waals surface area contributed by atoms with Crippen LogP contribution in [0.2, 0.25) is 0 Å². The van der Waals surface area contributed by atoms with E-state index in [0.717, 1.165) is 55.3 Å². The lowest BCUT2D eigenvalue weighted by Crippen LogP contribution is -2.60. The quantitative estimate of drug-likeness (QED) is 0.261. The molecule has 4 fully saturated rings. The number of fused-ring (bicyclic) bond motifs is 5. The van der Waals surface area contributed by atoms with E-state index in [1.54, 1.807) is 0 Å². The van der Waals surface area contributed by atoms with E-state index in [0.29, 0.717) is 11.3 Å². The minimum absolute atomic E-state index is 0.107. The second-order valence-electron chi connectivity index (χ2n) is 15.2. The van der Waals surface area contributed by atoms with Gasteiger partial charge in [-0.25, -0.2) is 0 Å². The second-order valence-corrected chi connectivity index (χ2v) is 15.2. The van der Waals surface area contributed by atoms with Crippen molar-refractivity contribution in [1.82, 2.24) is 0 Å². The molecule has 6 heteroatoms. The molecule has 0 bridgehead atoms. The largest absolute Gasteiger partial charge is 0.394 e. The minimum atomic E-state index is -1.40. The van der Waals surface area contributed by atoms with Gasteiger partial charge in [0.15, 0.2) is 6.29 Å². The number of ether oxygens (including phenoxy) is 2. The molecule has 0 aromatic rings.